The number of aryl methyl sites for hydroxylation is 1. The van der Waals surface area contributed by atoms with Gasteiger partial charge in [-0.1, -0.05) is 12.1 Å². The van der Waals surface area contributed by atoms with Gasteiger partial charge in [-0.25, -0.2) is 0 Å². The second-order valence-corrected chi connectivity index (χ2v) is 4.23. The number of carbonyl (C=O) groups excluding carboxylic acids is 2. The van der Waals surface area contributed by atoms with Crippen LogP contribution in [-0.4, -0.2) is 29.5 Å². The zero-order valence-corrected chi connectivity index (χ0v) is 13.6. The molecule has 8 nitrogen and oxygen atoms in total. The number of rotatable bonds is 2. The summed E-state index contributed by atoms with van der Waals surface area (Å²) < 4.78 is 34.1. The average Bonchev–Trinajstić information content (AvgIpc) is 2.13. The van der Waals surface area contributed by atoms with Crippen LogP contribution in [0.25, 0.3) is 0 Å². The Balaban J connectivity index is 0. The van der Waals surface area contributed by atoms with E-state index in [2.05, 4.69) is 0 Å². The third-order valence-corrected chi connectivity index (χ3v) is 2.10. The van der Waals surface area contributed by atoms with Crippen molar-refractivity contribution in [3.63, 3.8) is 0 Å². The first kappa shape index (κ1) is 21.3. The average molecular weight is 311 g/mol. The molecule has 0 heterocycles. The fourth-order valence-electron chi connectivity index (χ4n) is 1.38. The molecule has 0 atom stereocenters. The molecule has 0 aliphatic rings. The summed E-state index contributed by atoms with van der Waals surface area (Å²) >= 11 is 0. The third-order valence-electron chi connectivity index (χ3n) is 2.10. The van der Waals surface area contributed by atoms with Crippen molar-refractivity contribution in [3.8, 4) is 0 Å². The molecule has 0 radical (unpaired) electrons. The Morgan fingerprint density at radius 3 is 1.70 bits per heavy atom. The number of aromatic carboxylic acids is 2. The van der Waals surface area contributed by atoms with E-state index >= 15 is 0 Å². The second-order valence-electron chi connectivity index (χ2n) is 3.41. The molecule has 0 spiro atoms. The Kier molecular flexibility index (Phi) is 8.90. The van der Waals surface area contributed by atoms with E-state index < -0.39 is 22.3 Å². The number of hydrogen-bond acceptors (Lipinski definition) is 8. The van der Waals surface area contributed by atoms with E-state index in [4.69, 9.17) is 17.5 Å². The van der Waals surface area contributed by atoms with E-state index in [-0.39, 0.29) is 46.2 Å². The Morgan fingerprint density at radius 2 is 1.40 bits per heavy atom. The van der Waals surface area contributed by atoms with Gasteiger partial charge in [-0.2, -0.15) is 0 Å². The van der Waals surface area contributed by atoms with Gasteiger partial charge >= 0.3 is 29.6 Å². The van der Waals surface area contributed by atoms with Gasteiger partial charge in [0.1, 0.15) is 0 Å². The molecule has 1 rings (SSSR count). The maximum atomic E-state index is 10.7. The van der Waals surface area contributed by atoms with Crippen molar-refractivity contribution in [1.82, 2.24) is 0 Å². The molecule has 0 saturated heterocycles. The van der Waals surface area contributed by atoms with E-state index in [1.165, 1.54) is 19.1 Å². The standard InChI is InChI=1S/C10H10O4.Na.H2O4S/c1-5-3-4-7(9(11)12)6(2)8(5)10(13)14;;1-5(2,3)4/h3-4H,1-2H3,(H,11,12)(H,13,14);;(H2,1,2,3,4)/q;+1;/p-4. The van der Waals surface area contributed by atoms with Crippen molar-refractivity contribution >= 4 is 22.3 Å². The number of hydrogen-bond donors (Lipinski definition) is 0. The van der Waals surface area contributed by atoms with Crippen LogP contribution in [0.2, 0.25) is 0 Å². The van der Waals surface area contributed by atoms with Gasteiger partial charge < -0.3 is 28.9 Å². The van der Waals surface area contributed by atoms with Crippen molar-refractivity contribution < 1.29 is 66.9 Å². The number of benzene rings is 1. The summed E-state index contributed by atoms with van der Waals surface area (Å²) in [4.78, 5) is 21.3. The second kappa shape index (κ2) is 8.35. The summed E-state index contributed by atoms with van der Waals surface area (Å²) in [7, 11) is -5.17. The molecular formula is C10H8NaO8S-3. The van der Waals surface area contributed by atoms with Crippen molar-refractivity contribution in [2.45, 2.75) is 13.8 Å². The van der Waals surface area contributed by atoms with E-state index in [1.807, 2.05) is 0 Å². The predicted molar refractivity (Wildman–Crippen MR) is 55.1 cm³/mol. The van der Waals surface area contributed by atoms with Gasteiger partial charge in [0.2, 0.25) is 0 Å². The summed E-state index contributed by atoms with van der Waals surface area (Å²) in [5, 5.41) is 21.3. The molecule has 0 aliphatic carbocycles. The Morgan fingerprint density at radius 1 is 1.00 bits per heavy atom. The summed E-state index contributed by atoms with van der Waals surface area (Å²) in [6, 6.07) is 2.75. The summed E-state index contributed by atoms with van der Waals surface area (Å²) in [6.45, 7) is 3.00. The number of carboxylic acids is 2. The summed E-state index contributed by atoms with van der Waals surface area (Å²) in [6.07, 6.45) is 0. The number of carboxylic acid groups (broad SMARTS) is 2. The van der Waals surface area contributed by atoms with Gasteiger partial charge in [-0.05, 0) is 25.0 Å². The fourth-order valence-corrected chi connectivity index (χ4v) is 1.38. The third kappa shape index (κ3) is 7.58. The van der Waals surface area contributed by atoms with Crippen LogP contribution in [-0.2, 0) is 10.4 Å². The van der Waals surface area contributed by atoms with Crippen LogP contribution < -0.4 is 39.8 Å². The molecule has 0 amide bonds. The topological polar surface area (TPSA) is 161 Å². The minimum atomic E-state index is -5.17. The molecule has 0 aliphatic heterocycles. The first-order valence-corrected chi connectivity index (χ1v) is 5.98. The Bertz CT molecular complexity index is 600. The molecule has 0 bridgehead atoms. The van der Waals surface area contributed by atoms with Crippen molar-refractivity contribution in [2.24, 2.45) is 0 Å². The molecule has 1 aromatic rings. The Hall–Kier alpha value is -0.970. The Labute approximate surface area is 137 Å². The van der Waals surface area contributed by atoms with Crippen molar-refractivity contribution in [2.75, 3.05) is 0 Å². The van der Waals surface area contributed by atoms with Crippen LogP contribution in [0.5, 0.6) is 0 Å². The van der Waals surface area contributed by atoms with Gasteiger partial charge in [0, 0.05) is 21.5 Å². The maximum Gasteiger partial charge on any atom is 1.00 e. The molecule has 0 aromatic heterocycles. The monoisotopic (exact) mass is 311 g/mol. The van der Waals surface area contributed by atoms with E-state index in [0.29, 0.717) is 5.56 Å². The van der Waals surface area contributed by atoms with Gasteiger partial charge in [0.15, 0.2) is 0 Å². The molecule has 10 heteroatoms. The SMILES string of the molecule is Cc1ccc(C(=O)[O-])c(C)c1C(=O)[O-].O=S(=O)([O-])[O-].[Na+]. The van der Waals surface area contributed by atoms with Crippen LogP contribution in [0, 0.1) is 13.8 Å². The number of carbonyl (C=O) groups is 2. The largest absolute Gasteiger partial charge is 1.00 e. The zero-order valence-electron chi connectivity index (χ0n) is 10.8. The fraction of sp³-hybridized carbons (Fsp3) is 0.200. The van der Waals surface area contributed by atoms with Gasteiger partial charge in [-0.3, -0.25) is 8.42 Å². The van der Waals surface area contributed by atoms with Gasteiger partial charge in [0.25, 0.3) is 0 Å². The molecule has 1 aromatic carbocycles. The maximum absolute atomic E-state index is 10.7. The van der Waals surface area contributed by atoms with Crippen molar-refractivity contribution in [1.29, 1.82) is 0 Å². The quantitative estimate of drug-likeness (QED) is 0.297. The van der Waals surface area contributed by atoms with Crippen LogP contribution in [0.15, 0.2) is 12.1 Å². The first-order chi connectivity index (χ1) is 8.45. The molecular weight excluding hydrogens is 303 g/mol. The van der Waals surface area contributed by atoms with Crippen LogP contribution in [0.3, 0.4) is 0 Å². The molecule has 106 valence electrons. The minimum Gasteiger partial charge on any atom is -0.759 e. The summed E-state index contributed by atoms with van der Waals surface area (Å²) in [5.74, 6) is -2.76. The molecule has 20 heavy (non-hydrogen) atoms. The minimum absolute atomic E-state index is 0. The van der Waals surface area contributed by atoms with Crippen molar-refractivity contribution in [3.05, 3.63) is 34.4 Å². The normalized spacial score (nSPS) is 9.80. The van der Waals surface area contributed by atoms with Crippen LogP contribution in [0.1, 0.15) is 31.8 Å². The predicted octanol–water partition coefficient (Wildman–Crippen LogP) is -5.30. The van der Waals surface area contributed by atoms with E-state index in [0.717, 1.165) is 0 Å². The van der Waals surface area contributed by atoms with Gasteiger partial charge in [-0.15, -0.1) is 0 Å². The van der Waals surface area contributed by atoms with Crippen LogP contribution >= 0.6 is 0 Å². The van der Waals surface area contributed by atoms with Crippen LogP contribution in [0.4, 0.5) is 0 Å². The zero-order chi connectivity index (χ0) is 15.4. The molecule has 0 unspecified atom stereocenters. The van der Waals surface area contributed by atoms with E-state index in [9.17, 15) is 19.8 Å². The summed E-state index contributed by atoms with van der Waals surface area (Å²) in [5.41, 5.74) is 0.457. The molecule has 0 N–H and O–H groups in total. The van der Waals surface area contributed by atoms with Gasteiger partial charge in [0.05, 0.1) is 11.9 Å². The molecule has 0 saturated carbocycles. The first-order valence-electron chi connectivity index (χ1n) is 4.64. The molecule has 0 fully saturated rings. The smallest absolute Gasteiger partial charge is 0.759 e. The van der Waals surface area contributed by atoms with E-state index in [1.54, 1.807) is 6.92 Å².